The van der Waals surface area contributed by atoms with E-state index in [0.29, 0.717) is 29.6 Å². The van der Waals surface area contributed by atoms with Gasteiger partial charge in [0.05, 0.1) is 24.3 Å². The second-order valence-electron chi connectivity index (χ2n) is 5.59. The molecule has 1 heterocycles. The van der Waals surface area contributed by atoms with Gasteiger partial charge in [0, 0.05) is 0 Å². The number of nitrogens with zero attached hydrogens (tertiary/aromatic N) is 2. The first-order valence-electron chi connectivity index (χ1n) is 9.54. The highest BCUT2D eigenvalue weighted by Crippen LogP contribution is 2.27. The number of benzene rings is 2. The summed E-state index contributed by atoms with van der Waals surface area (Å²) in [4.78, 5) is 16.7. The number of carbonyl (C=O) groups excluding carboxylic acids is 1. The van der Waals surface area contributed by atoms with Crippen molar-refractivity contribution in [3.63, 3.8) is 0 Å². The molecule has 0 aliphatic rings. The Hall–Kier alpha value is -3.49. The van der Waals surface area contributed by atoms with Crippen molar-refractivity contribution in [3.8, 4) is 22.9 Å². The Balaban J connectivity index is 0.00000155. The molecule has 3 aromatic rings. The number of nitrogens with one attached hydrogen (secondary N) is 2. The summed E-state index contributed by atoms with van der Waals surface area (Å²) in [6.45, 7) is 3.40. The van der Waals surface area contributed by atoms with E-state index in [1.54, 1.807) is 6.07 Å². The van der Waals surface area contributed by atoms with E-state index in [9.17, 15) is 13.6 Å². The monoisotopic (exact) mass is 418 g/mol. The molecule has 7 nitrogen and oxygen atoms in total. The van der Waals surface area contributed by atoms with Crippen LogP contribution in [0.5, 0.6) is 11.5 Å². The lowest BCUT2D eigenvalue weighted by atomic mass is 10.2. The zero-order valence-electron chi connectivity index (χ0n) is 17.0. The Morgan fingerprint density at radius 3 is 2.47 bits per heavy atom. The number of hydrogen-bond donors (Lipinski definition) is 2. The Kier molecular flexibility index (Phi) is 8.74. The maximum absolute atomic E-state index is 12.5. The van der Waals surface area contributed by atoms with Gasteiger partial charge in [0.1, 0.15) is 17.3 Å². The topological polar surface area (TPSA) is 89.1 Å². The smallest absolute Gasteiger partial charge is 0.387 e. The molecule has 3 rings (SSSR count). The van der Waals surface area contributed by atoms with Gasteiger partial charge in [-0.05, 0) is 31.2 Å². The molecule has 0 unspecified atom stereocenters. The van der Waals surface area contributed by atoms with Crippen LogP contribution in [0.15, 0.2) is 48.5 Å². The fourth-order valence-corrected chi connectivity index (χ4v) is 2.54. The minimum absolute atomic E-state index is 0.00392. The number of aromatic nitrogens is 3. The SMILES string of the molecule is CC.CCOc1ccccc1-c1n[nH]c(CNC(=O)c2ccccc2OC(F)F)n1. The van der Waals surface area contributed by atoms with Gasteiger partial charge in [0.15, 0.2) is 5.82 Å². The van der Waals surface area contributed by atoms with Gasteiger partial charge in [-0.25, -0.2) is 4.98 Å². The predicted octanol–water partition coefficient (Wildman–Crippen LogP) is 4.43. The Morgan fingerprint density at radius 1 is 1.10 bits per heavy atom. The molecule has 160 valence electrons. The van der Waals surface area contributed by atoms with Crippen LogP contribution < -0.4 is 14.8 Å². The van der Waals surface area contributed by atoms with E-state index >= 15 is 0 Å². The molecule has 0 atom stereocenters. The molecule has 0 saturated heterocycles. The fraction of sp³-hybridized carbons (Fsp3) is 0.286. The molecule has 0 bridgehead atoms. The summed E-state index contributed by atoms with van der Waals surface area (Å²) >= 11 is 0. The van der Waals surface area contributed by atoms with Gasteiger partial charge >= 0.3 is 6.61 Å². The van der Waals surface area contributed by atoms with Crippen molar-refractivity contribution >= 4 is 5.91 Å². The molecule has 1 amide bonds. The van der Waals surface area contributed by atoms with Crippen LogP contribution >= 0.6 is 0 Å². The zero-order chi connectivity index (χ0) is 21.9. The minimum atomic E-state index is -3.02. The second-order valence-corrected chi connectivity index (χ2v) is 5.59. The largest absolute Gasteiger partial charge is 0.493 e. The van der Waals surface area contributed by atoms with Gasteiger partial charge in [0.2, 0.25) is 0 Å². The van der Waals surface area contributed by atoms with E-state index in [1.165, 1.54) is 18.2 Å². The predicted molar refractivity (Wildman–Crippen MR) is 109 cm³/mol. The summed E-state index contributed by atoms with van der Waals surface area (Å²) in [5.74, 6) is 0.720. The molecule has 1 aromatic heterocycles. The van der Waals surface area contributed by atoms with Gasteiger partial charge in [-0.1, -0.05) is 38.1 Å². The summed E-state index contributed by atoms with van der Waals surface area (Å²) in [5.41, 5.74) is 0.720. The average molecular weight is 418 g/mol. The maximum atomic E-state index is 12.5. The molecule has 9 heteroatoms. The third-order valence-electron chi connectivity index (χ3n) is 3.72. The first-order chi connectivity index (χ1) is 14.6. The Bertz CT molecular complexity index is 947. The van der Waals surface area contributed by atoms with Crippen molar-refractivity contribution in [2.45, 2.75) is 33.9 Å². The van der Waals surface area contributed by atoms with Crippen LogP contribution in [0.2, 0.25) is 0 Å². The fourth-order valence-electron chi connectivity index (χ4n) is 2.54. The standard InChI is InChI=1S/C19H18F2N4O3.C2H6/c1-2-27-14-9-5-3-7-12(14)17-23-16(24-25-17)11-22-18(26)13-8-4-6-10-15(13)28-19(20)21;1-2/h3-10,19H,2,11H2,1H3,(H,22,26)(H,23,24,25);1-2H3. The summed E-state index contributed by atoms with van der Waals surface area (Å²) < 4.78 is 34.9. The summed E-state index contributed by atoms with van der Waals surface area (Å²) in [6.07, 6.45) is 0. The number of rotatable bonds is 8. The highest BCUT2D eigenvalue weighted by Gasteiger charge is 2.16. The molecule has 0 spiro atoms. The third kappa shape index (κ3) is 6.00. The van der Waals surface area contributed by atoms with Crippen molar-refractivity contribution in [3.05, 3.63) is 59.9 Å². The summed E-state index contributed by atoms with van der Waals surface area (Å²) in [5, 5.41) is 9.49. The van der Waals surface area contributed by atoms with Crippen molar-refractivity contribution < 1.29 is 23.0 Å². The van der Waals surface area contributed by atoms with Gasteiger partial charge in [-0.3, -0.25) is 9.89 Å². The summed E-state index contributed by atoms with van der Waals surface area (Å²) in [6, 6.07) is 13.1. The molecular formula is C21H24F2N4O3. The van der Waals surface area contributed by atoms with Crippen LogP contribution in [0.4, 0.5) is 8.78 Å². The van der Waals surface area contributed by atoms with E-state index in [1.807, 2.05) is 45.0 Å². The number of hydrogen-bond acceptors (Lipinski definition) is 5. The number of halogens is 2. The van der Waals surface area contributed by atoms with Crippen LogP contribution in [-0.4, -0.2) is 34.3 Å². The van der Waals surface area contributed by atoms with Crippen molar-refractivity contribution in [2.75, 3.05) is 6.61 Å². The van der Waals surface area contributed by atoms with Gasteiger partial charge < -0.3 is 14.8 Å². The highest BCUT2D eigenvalue weighted by molar-refractivity contribution is 5.96. The second kappa shape index (κ2) is 11.5. The normalized spacial score (nSPS) is 10.2. The quantitative estimate of drug-likeness (QED) is 0.565. The lowest BCUT2D eigenvalue weighted by Gasteiger charge is -2.10. The van der Waals surface area contributed by atoms with E-state index in [0.717, 1.165) is 0 Å². The number of aromatic amines is 1. The molecule has 0 fully saturated rings. The van der Waals surface area contributed by atoms with Crippen LogP contribution in [0.3, 0.4) is 0 Å². The zero-order valence-corrected chi connectivity index (χ0v) is 17.0. The third-order valence-corrected chi connectivity index (χ3v) is 3.72. The number of alkyl halides is 2. The Morgan fingerprint density at radius 2 is 1.77 bits per heavy atom. The molecule has 2 aromatic carbocycles. The molecule has 30 heavy (non-hydrogen) atoms. The van der Waals surface area contributed by atoms with Crippen molar-refractivity contribution in [2.24, 2.45) is 0 Å². The van der Waals surface area contributed by atoms with E-state index in [4.69, 9.17) is 4.74 Å². The molecule has 0 aliphatic heterocycles. The molecule has 0 radical (unpaired) electrons. The van der Waals surface area contributed by atoms with E-state index < -0.39 is 12.5 Å². The number of amides is 1. The van der Waals surface area contributed by atoms with E-state index in [-0.39, 0.29) is 17.9 Å². The molecule has 0 aliphatic carbocycles. The number of H-pyrrole nitrogens is 1. The van der Waals surface area contributed by atoms with Crippen LogP contribution in [0.25, 0.3) is 11.4 Å². The maximum Gasteiger partial charge on any atom is 0.387 e. The summed E-state index contributed by atoms with van der Waals surface area (Å²) in [7, 11) is 0. The van der Waals surface area contributed by atoms with Gasteiger partial charge in [-0.15, -0.1) is 0 Å². The molecule has 0 saturated carbocycles. The lowest BCUT2D eigenvalue weighted by molar-refractivity contribution is -0.0501. The highest BCUT2D eigenvalue weighted by atomic mass is 19.3. The van der Waals surface area contributed by atoms with E-state index in [2.05, 4.69) is 25.2 Å². The van der Waals surface area contributed by atoms with Crippen LogP contribution in [0.1, 0.15) is 37.0 Å². The average Bonchev–Trinajstić information content (AvgIpc) is 3.23. The number of ether oxygens (including phenoxy) is 2. The van der Waals surface area contributed by atoms with Crippen molar-refractivity contribution in [1.29, 1.82) is 0 Å². The number of para-hydroxylation sites is 2. The number of carbonyl (C=O) groups is 1. The molecule has 2 N–H and O–H groups in total. The van der Waals surface area contributed by atoms with Gasteiger partial charge in [0.25, 0.3) is 5.91 Å². The van der Waals surface area contributed by atoms with Gasteiger partial charge in [-0.2, -0.15) is 13.9 Å². The van der Waals surface area contributed by atoms with Crippen LogP contribution in [0, 0.1) is 0 Å². The lowest BCUT2D eigenvalue weighted by Crippen LogP contribution is -2.24. The molecular weight excluding hydrogens is 394 g/mol. The first kappa shape index (κ1) is 22.8. The Labute approximate surface area is 173 Å². The van der Waals surface area contributed by atoms with Crippen molar-refractivity contribution in [1.82, 2.24) is 20.5 Å². The van der Waals surface area contributed by atoms with Crippen LogP contribution in [-0.2, 0) is 6.54 Å². The minimum Gasteiger partial charge on any atom is -0.493 e. The first-order valence-corrected chi connectivity index (χ1v) is 9.54.